The SMILES string of the molecule is CC(=O)N(I)C(C(=O)N1CCC[C@H]1C(=O)NCc1ccc(-c2scnc2C)cc1)C(F)(F)I. The van der Waals surface area contributed by atoms with Gasteiger partial charge in [0.05, 0.1) is 38.9 Å². The first-order valence-corrected chi connectivity index (χ1v) is 13.0. The van der Waals surface area contributed by atoms with Crippen LogP contribution in [0.15, 0.2) is 29.8 Å². The van der Waals surface area contributed by atoms with Crippen LogP contribution in [0.2, 0.25) is 0 Å². The number of rotatable bonds is 7. The van der Waals surface area contributed by atoms with Crippen LogP contribution in [0.3, 0.4) is 0 Å². The molecule has 3 amide bonds. The quantitative estimate of drug-likeness (QED) is 0.265. The number of hydrogen-bond donors (Lipinski definition) is 1. The fourth-order valence-corrected chi connectivity index (χ4v) is 6.14. The van der Waals surface area contributed by atoms with E-state index in [9.17, 15) is 23.2 Å². The van der Waals surface area contributed by atoms with E-state index in [1.165, 1.54) is 22.9 Å². The minimum Gasteiger partial charge on any atom is -0.350 e. The van der Waals surface area contributed by atoms with Gasteiger partial charge < -0.3 is 10.2 Å². The second kappa shape index (κ2) is 10.9. The number of nitrogens with one attached hydrogen (secondary N) is 1. The highest BCUT2D eigenvalue weighted by Crippen LogP contribution is 2.35. The number of likely N-dealkylation sites (tertiary alicyclic amines) is 1. The van der Waals surface area contributed by atoms with E-state index in [2.05, 4.69) is 10.3 Å². The zero-order valence-electron chi connectivity index (χ0n) is 17.9. The number of benzene rings is 1. The lowest BCUT2D eigenvalue weighted by Gasteiger charge is -2.33. The van der Waals surface area contributed by atoms with Crippen molar-refractivity contribution in [2.45, 2.75) is 49.2 Å². The van der Waals surface area contributed by atoms with Crippen LogP contribution in [0.4, 0.5) is 8.78 Å². The molecule has 33 heavy (non-hydrogen) atoms. The summed E-state index contributed by atoms with van der Waals surface area (Å²) in [6.45, 7) is 3.49. The van der Waals surface area contributed by atoms with Crippen LogP contribution in [0.25, 0.3) is 10.4 Å². The summed E-state index contributed by atoms with van der Waals surface area (Å²) >= 11 is 3.84. The van der Waals surface area contributed by atoms with E-state index in [4.69, 9.17) is 0 Å². The van der Waals surface area contributed by atoms with Crippen molar-refractivity contribution in [3.63, 3.8) is 0 Å². The van der Waals surface area contributed by atoms with Crippen molar-refractivity contribution in [2.24, 2.45) is 0 Å². The molecule has 2 aromatic rings. The third kappa shape index (κ3) is 6.18. The highest BCUT2D eigenvalue weighted by atomic mass is 127. The molecule has 0 aliphatic carbocycles. The Labute approximate surface area is 221 Å². The van der Waals surface area contributed by atoms with Crippen LogP contribution < -0.4 is 5.32 Å². The van der Waals surface area contributed by atoms with Crippen LogP contribution >= 0.6 is 56.8 Å². The van der Waals surface area contributed by atoms with E-state index in [1.807, 2.05) is 31.2 Å². The molecule has 0 saturated carbocycles. The van der Waals surface area contributed by atoms with Gasteiger partial charge in [0.15, 0.2) is 6.04 Å². The van der Waals surface area contributed by atoms with Crippen LogP contribution in [0.1, 0.15) is 31.0 Å². The van der Waals surface area contributed by atoms with Gasteiger partial charge in [-0.2, -0.15) is 8.78 Å². The maximum atomic E-state index is 14.2. The van der Waals surface area contributed by atoms with Gasteiger partial charge in [-0.1, -0.05) is 24.3 Å². The molecule has 7 nitrogen and oxygen atoms in total. The molecule has 2 heterocycles. The molecule has 0 bridgehead atoms. The first-order chi connectivity index (χ1) is 15.5. The number of aryl methyl sites for hydroxylation is 1. The second-order valence-electron chi connectivity index (χ2n) is 7.65. The number of alkyl halides is 3. The van der Waals surface area contributed by atoms with Crippen molar-refractivity contribution in [1.29, 1.82) is 0 Å². The van der Waals surface area contributed by atoms with E-state index in [1.54, 1.807) is 16.8 Å². The first-order valence-electron chi connectivity index (χ1n) is 10.1. The summed E-state index contributed by atoms with van der Waals surface area (Å²) in [5.74, 6) is -2.00. The number of carbonyl (C=O) groups is 3. The molecule has 1 aromatic heterocycles. The summed E-state index contributed by atoms with van der Waals surface area (Å²) in [5, 5.41) is 2.81. The molecule has 0 spiro atoms. The van der Waals surface area contributed by atoms with Gasteiger partial charge in [-0.15, -0.1) is 11.3 Å². The van der Waals surface area contributed by atoms with Crippen LogP contribution in [-0.4, -0.2) is 53.3 Å². The third-order valence-electron chi connectivity index (χ3n) is 5.34. The number of thiazole rings is 1. The molecule has 1 unspecified atom stereocenters. The summed E-state index contributed by atoms with van der Waals surface area (Å²) in [4.78, 5) is 44.0. The predicted molar refractivity (Wildman–Crippen MR) is 138 cm³/mol. The van der Waals surface area contributed by atoms with Crippen LogP contribution in [0, 0.1) is 6.92 Å². The average Bonchev–Trinajstić information content (AvgIpc) is 3.40. The highest BCUT2D eigenvalue weighted by molar-refractivity contribution is 14.1. The number of carbonyl (C=O) groups excluding carboxylic acids is 3. The number of amides is 3. The maximum Gasteiger partial charge on any atom is 0.326 e. The minimum absolute atomic E-state index is 0.186. The van der Waals surface area contributed by atoms with E-state index in [0.29, 0.717) is 16.0 Å². The normalized spacial score (nSPS) is 17.0. The Morgan fingerprint density at radius 2 is 2.00 bits per heavy atom. The van der Waals surface area contributed by atoms with Gasteiger partial charge in [-0.05, 0) is 30.9 Å². The number of halogens is 4. The summed E-state index contributed by atoms with van der Waals surface area (Å²) in [6.07, 6.45) is 0.898. The Kier molecular flexibility index (Phi) is 8.64. The Morgan fingerprint density at radius 3 is 2.55 bits per heavy atom. The topological polar surface area (TPSA) is 82.6 Å². The standard InChI is InChI=1S/C21H22F2I2N4O3S/c1-12-17(33-11-27-12)15-7-5-14(6-8-15)10-26-19(31)16-4-3-9-28(16)20(32)18(21(22,23)24)29(25)13(2)30/h5-8,11,16,18H,3-4,9-10H2,1-2H3,(H,26,31)/t16-,18?/m0/s1. The highest BCUT2D eigenvalue weighted by Gasteiger charge is 2.50. The molecule has 1 fully saturated rings. The van der Waals surface area contributed by atoms with Crippen LogP contribution in [-0.2, 0) is 20.9 Å². The Morgan fingerprint density at radius 1 is 1.33 bits per heavy atom. The number of aromatic nitrogens is 1. The summed E-state index contributed by atoms with van der Waals surface area (Å²) in [6, 6.07) is 4.88. The van der Waals surface area contributed by atoms with Crippen molar-refractivity contribution in [1.82, 2.24) is 18.3 Å². The number of hydrogen-bond acceptors (Lipinski definition) is 5. The van der Waals surface area contributed by atoms with Crippen LogP contribution in [0.5, 0.6) is 0 Å². The first kappa shape index (κ1) is 26.2. The molecule has 0 radical (unpaired) electrons. The monoisotopic (exact) mass is 702 g/mol. The van der Waals surface area contributed by atoms with Crippen molar-refractivity contribution in [3.05, 3.63) is 41.0 Å². The van der Waals surface area contributed by atoms with Gasteiger partial charge >= 0.3 is 3.93 Å². The Bertz CT molecular complexity index is 1030. The molecule has 3 rings (SSSR count). The molecule has 1 N–H and O–H groups in total. The summed E-state index contributed by atoms with van der Waals surface area (Å²) in [7, 11) is 0. The van der Waals surface area contributed by atoms with Crippen molar-refractivity contribution >= 4 is 74.5 Å². The van der Waals surface area contributed by atoms with Gasteiger partial charge in [-0.25, -0.2) is 4.98 Å². The van der Waals surface area contributed by atoms with Gasteiger partial charge in [0.2, 0.25) is 11.8 Å². The van der Waals surface area contributed by atoms with Crippen molar-refractivity contribution in [2.75, 3.05) is 6.54 Å². The van der Waals surface area contributed by atoms with Gasteiger partial charge in [0.25, 0.3) is 5.91 Å². The van der Waals surface area contributed by atoms with Crippen molar-refractivity contribution in [3.8, 4) is 10.4 Å². The zero-order valence-corrected chi connectivity index (χ0v) is 23.0. The molecular formula is C21H22F2I2N4O3S. The molecule has 1 aliphatic rings. The lowest BCUT2D eigenvalue weighted by atomic mass is 10.1. The van der Waals surface area contributed by atoms with E-state index in [0.717, 1.165) is 56.1 Å². The molecule has 12 heteroatoms. The smallest absolute Gasteiger partial charge is 0.326 e. The zero-order chi connectivity index (χ0) is 24.3. The Balaban J connectivity index is 1.66. The summed E-state index contributed by atoms with van der Waals surface area (Å²) in [5.41, 5.74) is 4.66. The van der Waals surface area contributed by atoms with E-state index >= 15 is 0 Å². The lowest BCUT2D eigenvalue weighted by Crippen LogP contribution is -2.56. The molecule has 1 saturated heterocycles. The van der Waals surface area contributed by atoms with Gasteiger partial charge in [0, 0.05) is 42.6 Å². The molecular weight excluding hydrogens is 680 g/mol. The molecule has 1 aliphatic heterocycles. The fourth-order valence-electron chi connectivity index (χ4n) is 3.67. The predicted octanol–water partition coefficient (Wildman–Crippen LogP) is 4.32. The van der Waals surface area contributed by atoms with Gasteiger partial charge in [0.1, 0.15) is 6.04 Å². The fraction of sp³-hybridized carbons (Fsp3) is 0.429. The lowest BCUT2D eigenvalue weighted by molar-refractivity contribution is -0.148. The van der Waals surface area contributed by atoms with E-state index in [-0.39, 0.29) is 13.1 Å². The molecule has 1 aromatic carbocycles. The van der Waals surface area contributed by atoms with Crippen molar-refractivity contribution < 1.29 is 23.2 Å². The second-order valence-corrected chi connectivity index (χ2v) is 11.0. The number of nitrogens with zero attached hydrogens (tertiary/aromatic N) is 3. The minimum atomic E-state index is -3.48. The maximum absolute atomic E-state index is 14.2. The van der Waals surface area contributed by atoms with Gasteiger partial charge in [-0.3, -0.25) is 17.5 Å². The third-order valence-corrected chi connectivity index (χ3v) is 8.14. The van der Waals surface area contributed by atoms with E-state index < -0.39 is 33.7 Å². The average molecular weight is 702 g/mol. The largest absolute Gasteiger partial charge is 0.350 e. The summed E-state index contributed by atoms with van der Waals surface area (Å²) < 4.78 is 25.6. The Hall–Kier alpha value is -1.42. The molecule has 178 valence electrons. The molecule has 2 atom stereocenters.